The first-order valence-corrected chi connectivity index (χ1v) is 10.4. The lowest BCUT2D eigenvalue weighted by Gasteiger charge is -2.18. The molecule has 0 atom stereocenters. The number of nitrogens with zero attached hydrogens (tertiary/aromatic N) is 1. The summed E-state index contributed by atoms with van der Waals surface area (Å²) in [5.74, 6) is 0.405. The normalized spacial score (nSPS) is 11.4. The van der Waals surface area contributed by atoms with Gasteiger partial charge >= 0.3 is 0 Å². The van der Waals surface area contributed by atoms with Crippen molar-refractivity contribution in [1.82, 2.24) is 9.62 Å². The molecule has 1 amide bonds. The number of ether oxygens (including phenoxy) is 2. The fraction of sp³-hybridized carbons (Fsp3) is 0.350. The van der Waals surface area contributed by atoms with Crippen LogP contribution >= 0.6 is 0 Å². The van der Waals surface area contributed by atoms with Gasteiger partial charge in [-0.25, -0.2) is 8.42 Å². The van der Waals surface area contributed by atoms with E-state index >= 15 is 0 Å². The Labute approximate surface area is 166 Å². The second-order valence-electron chi connectivity index (χ2n) is 6.05. The highest BCUT2D eigenvalue weighted by atomic mass is 32.2. The van der Waals surface area contributed by atoms with Crippen LogP contribution in [0.3, 0.4) is 0 Å². The van der Waals surface area contributed by atoms with Crippen LogP contribution in [0.2, 0.25) is 0 Å². The zero-order valence-corrected chi connectivity index (χ0v) is 17.2. The molecule has 1 N–H and O–H groups in total. The maximum atomic E-state index is 12.8. The van der Waals surface area contributed by atoms with E-state index in [1.807, 2.05) is 6.92 Å². The van der Waals surface area contributed by atoms with Gasteiger partial charge in [-0.2, -0.15) is 4.31 Å². The first kappa shape index (κ1) is 21.9. The van der Waals surface area contributed by atoms with Gasteiger partial charge in [0.15, 0.2) is 0 Å². The van der Waals surface area contributed by atoms with Crippen molar-refractivity contribution < 1.29 is 22.7 Å². The quantitative estimate of drug-likeness (QED) is 0.612. The lowest BCUT2D eigenvalue weighted by molar-refractivity contribution is 0.0963. The Hall–Kier alpha value is -2.42. The van der Waals surface area contributed by atoms with Crippen LogP contribution < -0.4 is 10.1 Å². The maximum Gasteiger partial charge on any atom is 0.251 e. The minimum Gasteiger partial charge on any atom is -0.491 e. The van der Waals surface area contributed by atoms with E-state index in [1.54, 1.807) is 43.4 Å². The number of nitrogens with one attached hydrogen (secondary N) is 1. The van der Waals surface area contributed by atoms with Gasteiger partial charge in [-0.3, -0.25) is 4.79 Å². The molecule has 0 heterocycles. The molecule has 2 aromatic carbocycles. The molecule has 7 nitrogen and oxygen atoms in total. The molecular formula is C20H26N2O5S. The monoisotopic (exact) mass is 406 g/mol. The molecule has 0 aliphatic carbocycles. The zero-order chi connectivity index (χ0) is 20.6. The summed E-state index contributed by atoms with van der Waals surface area (Å²) in [6.07, 6.45) is 0. The number of hydrogen-bond acceptors (Lipinski definition) is 5. The van der Waals surface area contributed by atoms with Gasteiger partial charge < -0.3 is 14.8 Å². The Morgan fingerprint density at radius 2 is 1.68 bits per heavy atom. The van der Waals surface area contributed by atoms with E-state index < -0.39 is 10.0 Å². The Bertz CT molecular complexity index is 864. The van der Waals surface area contributed by atoms with Crippen molar-refractivity contribution in [3.8, 4) is 5.75 Å². The van der Waals surface area contributed by atoms with Gasteiger partial charge in [-0.1, -0.05) is 12.1 Å². The highest BCUT2D eigenvalue weighted by Gasteiger charge is 2.21. The lowest BCUT2D eigenvalue weighted by Crippen LogP contribution is -2.26. The number of benzene rings is 2. The molecule has 28 heavy (non-hydrogen) atoms. The van der Waals surface area contributed by atoms with Gasteiger partial charge in [-0.15, -0.1) is 0 Å². The standard InChI is InChI=1S/C20H26N2O5S/c1-4-26-13-14-27-18-9-11-19(12-10-18)28(24,25)22(3)15-16-5-7-17(8-6-16)20(23)21-2/h5-12H,4,13-15H2,1-3H3,(H,21,23). The molecule has 0 saturated carbocycles. The molecule has 0 aliphatic heterocycles. The number of sulfonamides is 1. The molecular weight excluding hydrogens is 380 g/mol. The van der Waals surface area contributed by atoms with E-state index in [9.17, 15) is 13.2 Å². The Morgan fingerprint density at radius 3 is 2.25 bits per heavy atom. The van der Waals surface area contributed by atoms with Crippen LogP contribution in [-0.4, -0.2) is 52.5 Å². The largest absolute Gasteiger partial charge is 0.491 e. The van der Waals surface area contributed by atoms with Crippen molar-refractivity contribution in [3.05, 3.63) is 59.7 Å². The highest BCUT2D eigenvalue weighted by Crippen LogP contribution is 2.20. The molecule has 2 aromatic rings. The summed E-state index contributed by atoms with van der Waals surface area (Å²) < 4.78 is 37.5. The third-order valence-corrected chi connectivity index (χ3v) is 5.90. The summed E-state index contributed by atoms with van der Waals surface area (Å²) in [6, 6.07) is 13.1. The molecule has 0 unspecified atom stereocenters. The smallest absolute Gasteiger partial charge is 0.251 e. The number of carbonyl (C=O) groups is 1. The fourth-order valence-electron chi connectivity index (χ4n) is 2.50. The van der Waals surface area contributed by atoms with Crippen LogP contribution in [0.5, 0.6) is 5.75 Å². The molecule has 0 bridgehead atoms. The summed E-state index contributed by atoms with van der Waals surface area (Å²) in [7, 11) is -0.557. The molecule has 0 radical (unpaired) electrons. The SMILES string of the molecule is CCOCCOc1ccc(S(=O)(=O)N(C)Cc2ccc(C(=O)NC)cc2)cc1. The van der Waals surface area contributed by atoms with Crippen molar-refractivity contribution in [2.24, 2.45) is 0 Å². The van der Waals surface area contributed by atoms with Crippen molar-refractivity contribution in [1.29, 1.82) is 0 Å². The average Bonchev–Trinajstić information content (AvgIpc) is 2.71. The van der Waals surface area contributed by atoms with E-state index in [-0.39, 0.29) is 17.3 Å². The molecule has 0 saturated heterocycles. The van der Waals surface area contributed by atoms with E-state index in [2.05, 4.69) is 5.32 Å². The van der Waals surface area contributed by atoms with E-state index in [4.69, 9.17) is 9.47 Å². The number of amides is 1. The molecule has 0 aliphatic rings. The molecule has 8 heteroatoms. The van der Waals surface area contributed by atoms with Crippen LogP contribution in [0.1, 0.15) is 22.8 Å². The molecule has 2 rings (SSSR count). The van der Waals surface area contributed by atoms with Gasteiger partial charge in [0, 0.05) is 32.8 Å². The van der Waals surface area contributed by atoms with E-state index in [0.29, 0.717) is 31.1 Å². The van der Waals surface area contributed by atoms with Crippen LogP contribution in [0.4, 0.5) is 0 Å². The van der Waals surface area contributed by atoms with Crippen LogP contribution in [0.25, 0.3) is 0 Å². The summed E-state index contributed by atoms with van der Waals surface area (Å²) in [4.78, 5) is 11.8. The zero-order valence-electron chi connectivity index (χ0n) is 16.3. The Balaban J connectivity index is 2.01. The number of rotatable bonds is 10. The van der Waals surface area contributed by atoms with Crippen LogP contribution in [-0.2, 0) is 21.3 Å². The van der Waals surface area contributed by atoms with E-state index in [0.717, 1.165) is 5.56 Å². The highest BCUT2D eigenvalue weighted by molar-refractivity contribution is 7.89. The number of carbonyl (C=O) groups excluding carboxylic acids is 1. The molecule has 0 aromatic heterocycles. The average molecular weight is 407 g/mol. The first-order chi connectivity index (χ1) is 13.4. The predicted molar refractivity (Wildman–Crippen MR) is 107 cm³/mol. The summed E-state index contributed by atoms with van der Waals surface area (Å²) >= 11 is 0. The molecule has 0 spiro atoms. The van der Waals surface area contributed by atoms with Crippen LogP contribution in [0.15, 0.2) is 53.4 Å². The van der Waals surface area contributed by atoms with Crippen molar-refractivity contribution in [2.45, 2.75) is 18.4 Å². The maximum absolute atomic E-state index is 12.8. The Morgan fingerprint density at radius 1 is 1.04 bits per heavy atom. The minimum absolute atomic E-state index is 0.184. The van der Waals surface area contributed by atoms with Gasteiger partial charge in [0.2, 0.25) is 10.0 Å². The van der Waals surface area contributed by atoms with Gasteiger partial charge in [0.25, 0.3) is 5.91 Å². The third kappa shape index (κ3) is 5.79. The molecule has 152 valence electrons. The van der Waals surface area contributed by atoms with Gasteiger partial charge in [-0.05, 0) is 48.9 Å². The topological polar surface area (TPSA) is 84.9 Å². The Kier molecular flexibility index (Phi) is 7.98. The molecule has 0 fully saturated rings. The van der Waals surface area contributed by atoms with Crippen molar-refractivity contribution >= 4 is 15.9 Å². The van der Waals surface area contributed by atoms with Crippen LogP contribution in [0, 0.1) is 0 Å². The second kappa shape index (κ2) is 10.2. The van der Waals surface area contributed by atoms with Crippen molar-refractivity contribution in [2.75, 3.05) is 33.9 Å². The van der Waals surface area contributed by atoms with Gasteiger partial charge in [0.05, 0.1) is 11.5 Å². The fourth-order valence-corrected chi connectivity index (χ4v) is 3.66. The van der Waals surface area contributed by atoms with Crippen molar-refractivity contribution in [3.63, 3.8) is 0 Å². The summed E-state index contributed by atoms with van der Waals surface area (Å²) in [6.45, 7) is 3.63. The lowest BCUT2D eigenvalue weighted by atomic mass is 10.1. The van der Waals surface area contributed by atoms with Gasteiger partial charge in [0.1, 0.15) is 12.4 Å². The second-order valence-corrected chi connectivity index (χ2v) is 8.10. The first-order valence-electron chi connectivity index (χ1n) is 8.96. The summed E-state index contributed by atoms with van der Waals surface area (Å²) in [5.41, 5.74) is 1.31. The minimum atomic E-state index is -3.64. The third-order valence-electron chi connectivity index (χ3n) is 4.08. The number of hydrogen-bond donors (Lipinski definition) is 1. The van der Waals surface area contributed by atoms with E-state index in [1.165, 1.54) is 23.5 Å². The predicted octanol–water partition coefficient (Wildman–Crippen LogP) is 2.28. The summed E-state index contributed by atoms with van der Waals surface area (Å²) in [5, 5.41) is 2.55.